The van der Waals surface area contributed by atoms with Gasteiger partial charge in [-0.1, -0.05) is 126 Å². The van der Waals surface area contributed by atoms with Gasteiger partial charge in [0.15, 0.2) is 11.9 Å². The molecule has 0 aromatic rings. The predicted octanol–water partition coefficient (Wildman–Crippen LogP) is 8.12. The Labute approximate surface area is 370 Å². The summed E-state index contributed by atoms with van der Waals surface area (Å²) in [5.74, 6) is -1.05. The van der Waals surface area contributed by atoms with Crippen LogP contribution in [-0.4, -0.2) is 104 Å². The number of ketones is 1. The van der Waals surface area contributed by atoms with Crippen LogP contribution >= 0.6 is 7.82 Å². The van der Waals surface area contributed by atoms with Crippen LogP contribution in [0, 0.1) is 0 Å². The van der Waals surface area contributed by atoms with Crippen molar-refractivity contribution in [2.75, 3.05) is 13.2 Å². The van der Waals surface area contributed by atoms with Gasteiger partial charge in [-0.05, 0) is 76.7 Å². The maximum atomic E-state index is 12.8. The number of rotatable bonds is 37. The molecule has 1 rings (SSSR count). The van der Waals surface area contributed by atoms with Crippen LogP contribution in [0.3, 0.4) is 0 Å². The summed E-state index contributed by atoms with van der Waals surface area (Å²) in [6, 6.07) is 0. The highest BCUT2D eigenvalue weighted by Gasteiger charge is 2.51. The Morgan fingerprint density at radius 3 is 1.61 bits per heavy atom. The van der Waals surface area contributed by atoms with Gasteiger partial charge in [0.05, 0.1) is 6.61 Å². The fourth-order valence-corrected chi connectivity index (χ4v) is 7.48. The van der Waals surface area contributed by atoms with Crippen molar-refractivity contribution < 1.29 is 67.9 Å². The second-order valence-corrected chi connectivity index (χ2v) is 17.3. The Morgan fingerprint density at radius 1 is 0.548 bits per heavy atom. The number of hydrogen-bond donors (Lipinski definition) is 6. The van der Waals surface area contributed by atoms with Gasteiger partial charge in [-0.2, -0.15) is 0 Å². The Balaban J connectivity index is 2.52. The van der Waals surface area contributed by atoms with Crippen LogP contribution in [0.5, 0.6) is 0 Å². The van der Waals surface area contributed by atoms with Crippen LogP contribution in [0.4, 0.5) is 0 Å². The van der Waals surface area contributed by atoms with E-state index in [-0.39, 0.29) is 18.6 Å². The molecule has 3 unspecified atom stereocenters. The highest BCUT2D eigenvalue weighted by atomic mass is 31.2. The molecule has 8 atom stereocenters. The maximum absolute atomic E-state index is 12.8. The number of phosphoric acid groups is 1. The third-order valence-electron chi connectivity index (χ3n) is 10.3. The summed E-state index contributed by atoms with van der Waals surface area (Å²) in [4.78, 5) is 47.5. The summed E-state index contributed by atoms with van der Waals surface area (Å²) in [7, 11) is -5.15. The predicted molar refractivity (Wildman–Crippen MR) is 240 cm³/mol. The van der Waals surface area contributed by atoms with E-state index in [2.05, 4.69) is 50.3 Å². The molecule has 14 nitrogen and oxygen atoms in total. The average molecular weight is 899 g/mol. The van der Waals surface area contributed by atoms with Crippen molar-refractivity contribution in [2.45, 2.75) is 204 Å². The summed E-state index contributed by atoms with van der Waals surface area (Å²) in [6.07, 6.45) is 26.8. The van der Waals surface area contributed by atoms with Gasteiger partial charge in [-0.25, -0.2) is 4.57 Å². The highest BCUT2D eigenvalue weighted by Crippen LogP contribution is 2.47. The summed E-state index contributed by atoms with van der Waals surface area (Å²) >= 11 is 0. The standard InChI is InChI=1S/C47H79O14P/c1-3-5-7-8-9-10-11-12-13-14-15-16-17-20-24-27-31-35-41(50)60-39(37-59-62(56,57)61-47-45(54)43(52)42(51)44(53)46(47)55)36-58-40(49)34-30-26-23-21-18-19-22-25-29-33-38(48)32-28-6-4-2/h9-10,12-13,15-16,22,25,29,33,39,42-47,51-55H,3-8,11,14,17-21,23-24,26-28,30-32,34-37H2,1-2H3,(H,56,57)/b10-9-,13-12-,16-15-,25-22-,33-29+/t39-,42?,43-,44+,45-,46-,47?/m1/s1. The first-order valence-corrected chi connectivity index (χ1v) is 24.5. The molecule has 0 heterocycles. The third-order valence-corrected chi connectivity index (χ3v) is 11.3. The van der Waals surface area contributed by atoms with E-state index >= 15 is 0 Å². The first-order chi connectivity index (χ1) is 29.8. The van der Waals surface area contributed by atoms with Crippen LogP contribution in [-0.2, 0) is 37.5 Å². The SMILES string of the molecule is CCCCC/C=C\C/C=C\C/C=C\CCCCCCC(=O)O[C@H](COC(=O)CCCCCCC/C=C\C=C\C(=O)CCCCC)COP(=O)(O)OC1[C@H](O)[C@H](O)C(O)[C@H](O)[C@H]1O. The molecule has 6 N–H and O–H groups in total. The van der Waals surface area contributed by atoms with Crippen LogP contribution in [0.25, 0.3) is 0 Å². The minimum absolute atomic E-state index is 0.0509. The van der Waals surface area contributed by atoms with E-state index in [1.807, 2.05) is 12.2 Å². The fraction of sp³-hybridized carbons (Fsp3) is 0.723. The summed E-state index contributed by atoms with van der Waals surface area (Å²) in [5, 5.41) is 50.1. The number of aliphatic hydroxyl groups excluding tert-OH is 5. The molecule has 0 aliphatic heterocycles. The molecule has 1 fully saturated rings. The zero-order valence-corrected chi connectivity index (χ0v) is 38.3. The van der Waals surface area contributed by atoms with Crippen molar-refractivity contribution in [1.82, 2.24) is 0 Å². The van der Waals surface area contributed by atoms with Crippen molar-refractivity contribution in [3.8, 4) is 0 Å². The molecule has 0 radical (unpaired) electrons. The van der Waals surface area contributed by atoms with E-state index in [0.29, 0.717) is 19.3 Å². The lowest BCUT2D eigenvalue weighted by molar-refractivity contribution is -0.220. The molecule has 62 heavy (non-hydrogen) atoms. The lowest BCUT2D eigenvalue weighted by atomic mass is 9.85. The normalized spacial score (nSPS) is 22.3. The number of hydrogen-bond acceptors (Lipinski definition) is 13. The van der Waals surface area contributed by atoms with Gasteiger partial charge in [0.25, 0.3) is 0 Å². The van der Waals surface area contributed by atoms with Crippen LogP contribution in [0.2, 0.25) is 0 Å². The molecule has 1 aliphatic rings. The van der Waals surface area contributed by atoms with E-state index in [1.165, 1.54) is 19.3 Å². The van der Waals surface area contributed by atoms with Crippen LogP contribution in [0.15, 0.2) is 60.8 Å². The number of phosphoric ester groups is 1. The minimum atomic E-state index is -5.15. The largest absolute Gasteiger partial charge is 0.472 e. The second-order valence-electron chi connectivity index (χ2n) is 15.9. The third kappa shape index (κ3) is 28.8. The van der Waals surface area contributed by atoms with Crippen molar-refractivity contribution in [3.63, 3.8) is 0 Å². The Morgan fingerprint density at radius 2 is 1.02 bits per heavy atom. The topological polar surface area (TPSA) is 227 Å². The van der Waals surface area contributed by atoms with Crippen molar-refractivity contribution in [1.29, 1.82) is 0 Å². The second kappa shape index (κ2) is 36.5. The number of aliphatic hydroxyl groups is 5. The molecule has 0 aromatic carbocycles. The lowest BCUT2D eigenvalue weighted by Gasteiger charge is -2.41. The number of ether oxygens (including phenoxy) is 2. The molecule has 1 saturated carbocycles. The molecule has 0 bridgehead atoms. The molecule has 356 valence electrons. The van der Waals surface area contributed by atoms with E-state index in [1.54, 1.807) is 12.2 Å². The van der Waals surface area contributed by atoms with Gasteiger partial charge in [0.2, 0.25) is 0 Å². The maximum Gasteiger partial charge on any atom is 0.472 e. The van der Waals surface area contributed by atoms with Gasteiger partial charge in [0.1, 0.15) is 43.2 Å². The Kier molecular flexibility index (Phi) is 33.7. The van der Waals surface area contributed by atoms with Crippen molar-refractivity contribution in [3.05, 3.63) is 60.8 Å². The first kappa shape index (κ1) is 57.2. The number of carbonyl (C=O) groups is 3. The summed E-state index contributed by atoms with van der Waals surface area (Å²) < 4.78 is 33.4. The first-order valence-electron chi connectivity index (χ1n) is 23.0. The van der Waals surface area contributed by atoms with Gasteiger partial charge in [-0.3, -0.25) is 23.4 Å². The summed E-state index contributed by atoms with van der Waals surface area (Å²) in [5.41, 5.74) is 0. The molecule has 15 heteroatoms. The van der Waals surface area contributed by atoms with Crippen LogP contribution < -0.4 is 0 Å². The number of carbonyl (C=O) groups excluding carboxylic acids is 3. The minimum Gasteiger partial charge on any atom is -0.462 e. The van der Waals surface area contributed by atoms with E-state index in [9.17, 15) is 49.4 Å². The van der Waals surface area contributed by atoms with Crippen molar-refractivity contribution >= 4 is 25.5 Å². The monoisotopic (exact) mass is 899 g/mol. The fourth-order valence-electron chi connectivity index (χ4n) is 6.51. The molecule has 0 aromatic heterocycles. The van der Waals surface area contributed by atoms with Gasteiger partial charge < -0.3 is 39.9 Å². The quantitative estimate of drug-likeness (QED) is 0.00865. The van der Waals surface area contributed by atoms with E-state index < -0.39 is 75.7 Å². The Hall–Kier alpha value is -2.78. The zero-order chi connectivity index (χ0) is 45.9. The number of unbranched alkanes of at least 4 members (excludes halogenated alkanes) is 14. The smallest absolute Gasteiger partial charge is 0.462 e. The Bertz CT molecular complexity index is 1380. The number of esters is 2. The van der Waals surface area contributed by atoms with Gasteiger partial charge in [0, 0.05) is 19.3 Å². The van der Waals surface area contributed by atoms with Gasteiger partial charge in [-0.15, -0.1) is 0 Å². The van der Waals surface area contributed by atoms with Crippen LogP contribution in [0.1, 0.15) is 162 Å². The molecular formula is C47H79O14P. The van der Waals surface area contributed by atoms with Crippen molar-refractivity contribution in [2.24, 2.45) is 0 Å². The zero-order valence-electron chi connectivity index (χ0n) is 37.4. The molecular weight excluding hydrogens is 819 g/mol. The average Bonchev–Trinajstić information content (AvgIpc) is 3.25. The van der Waals surface area contributed by atoms with Gasteiger partial charge >= 0.3 is 19.8 Å². The lowest BCUT2D eigenvalue weighted by Crippen LogP contribution is -2.64. The molecule has 1 aliphatic carbocycles. The van der Waals surface area contributed by atoms with E-state index in [4.69, 9.17) is 18.5 Å². The molecule has 0 saturated heterocycles. The van der Waals surface area contributed by atoms with E-state index in [0.717, 1.165) is 96.3 Å². The highest BCUT2D eigenvalue weighted by molar-refractivity contribution is 7.47. The summed E-state index contributed by atoms with van der Waals surface area (Å²) in [6.45, 7) is 3.06. The number of allylic oxidation sites excluding steroid dienone is 10. The molecule has 0 spiro atoms. The molecule has 0 amide bonds.